The largest absolute Gasteiger partial charge is 0.322 e. The minimum Gasteiger partial charge on any atom is -0.322 e. The van der Waals surface area contributed by atoms with Gasteiger partial charge in [-0.05, 0) is 50.1 Å². The van der Waals surface area contributed by atoms with Crippen LogP contribution in [0.2, 0.25) is 0 Å². The van der Waals surface area contributed by atoms with E-state index in [2.05, 4.69) is 47.9 Å². The van der Waals surface area contributed by atoms with Gasteiger partial charge in [-0.2, -0.15) is 0 Å². The molecule has 0 bridgehead atoms. The molecule has 0 aliphatic heterocycles. The highest BCUT2D eigenvalue weighted by Crippen LogP contribution is 2.28. The number of nitrogens with zero attached hydrogens (tertiary/aromatic N) is 2. The van der Waals surface area contributed by atoms with Gasteiger partial charge in [-0.25, -0.2) is 4.98 Å². The lowest BCUT2D eigenvalue weighted by Crippen LogP contribution is -2.14. The standard InChI is InChI=1S/C14H11Br2N3S/c15-8-5-9(16)12(18-7-8)6-10(17)14-19-11-3-1-2-4-13(11)20-14/h1-5,7,10H,6,17H2. The molecule has 0 aliphatic carbocycles. The lowest BCUT2D eigenvalue weighted by atomic mass is 10.1. The van der Waals surface area contributed by atoms with Gasteiger partial charge >= 0.3 is 0 Å². The zero-order valence-electron chi connectivity index (χ0n) is 10.4. The van der Waals surface area contributed by atoms with Crippen LogP contribution in [0, 0.1) is 0 Å². The van der Waals surface area contributed by atoms with Gasteiger partial charge < -0.3 is 5.73 Å². The summed E-state index contributed by atoms with van der Waals surface area (Å²) in [5, 5.41) is 0.947. The maximum Gasteiger partial charge on any atom is 0.111 e. The van der Waals surface area contributed by atoms with Gasteiger partial charge in [0.2, 0.25) is 0 Å². The minimum absolute atomic E-state index is 0.141. The van der Waals surface area contributed by atoms with Gasteiger partial charge in [-0.3, -0.25) is 4.98 Å². The number of benzene rings is 1. The second-order valence-corrected chi connectivity index (χ2v) is 7.24. The second kappa shape index (κ2) is 5.89. The van der Waals surface area contributed by atoms with E-state index in [9.17, 15) is 0 Å². The first-order chi connectivity index (χ1) is 9.63. The fraction of sp³-hybridized carbons (Fsp3) is 0.143. The highest BCUT2D eigenvalue weighted by Gasteiger charge is 2.15. The van der Waals surface area contributed by atoms with E-state index in [0.717, 1.165) is 25.2 Å². The Morgan fingerprint density at radius 2 is 2.05 bits per heavy atom. The van der Waals surface area contributed by atoms with Crippen LogP contribution in [0.4, 0.5) is 0 Å². The van der Waals surface area contributed by atoms with E-state index < -0.39 is 0 Å². The van der Waals surface area contributed by atoms with Crippen molar-refractivity contribution in [2.75, 3.05) is 0 Å². The van der Waals surface area contributed by atoms with Crippen molar-refractivity contribution in [2.45, 2.75) is 12.5 Å². The van der Waals surface area contributed by atoms with Crippen molar-refractivity contribution < 1.29 is 0 Å². The number of aromatic nitrogens is 2. The Bertz CT molecular complexity index is 724. The second-order valence-electron chi connectivity index (χ2n) is 4.41. The third kappa shape index (κ3) is 2.93. The predicted molar refractivity (Wildman–Crippen MR) is 89.9 cm³/mol. The quantitative estimate of drug-likeness (QED) is 0.690. The van der Waals surface area contributed by atoms with Crippen molar-refractivity contribution in [1.29, 1.82) is 0 Å². The van der Waals surface area contributed by atoms with Crippen LogP contribution in [0.15, 0.2) is 45.5 Å². The summed E-state index contributed by atoms with van der Waals surface area (Å²) < 4.78 is 3.07. The Morgan fingerprint density at radius 1 is 1.25 bits per heavy atom. The highest BCUT2D eigenvalue weighted by atomic mass is 79.9. The maximum atomic E-state index is 6.27. The number of thiazole rings is 1. The molecule has 2 aromatic heterocycles. The molecule has 0 amide bonds. The average Bonchev–Trinajstić information content (AvgIpc) is 2.86. The molecular formula is C14H11Br2N3S. The van der Waals surface area contributed by atoms with E-state index >= 15 is 0 Å². The van der Waals surface area contributed by atoms with E-state index in [-0.39, 0.29) is 6.04 Å². The average molecular weight is 413 g/mol. The summed E-state index contributed by atoms with van der Waals surface area (Å²) in [6, 6.07) is 9.92. The van der Waals surface area contributed by atoms with Crippen LogP contribution in [0.5, 0.6) is 0 Å². The smallest absolute Gasteiger partial charge is 0.111 e. The summed E-state index contributed by atoms with van der Waals surface area (Å²) in [4.78, 5) is 9.00. The third-order valence-electron chi connectivity index (χ3n) is 2.92. The highest BCUT2D eigenvalue weighted by molar-refractivity contribution is 9.11. The molecule has 2 heterocycles. The number of hydrogen-bond acceptors (Lipinski definition) is 4. The molecule has 0 saturated carbocycles. The summed E-state index contributed by atoms with van der Waals surface area (Å²) >= 11 is 8.56. The third-order valence-corrected chi connectivity index (χ3v) is 5.21. The van der Waals surface area contributed by atoms with Crippen molar-refractivity contribution in [1.82, 2.24) is 9.97 Å². The Hall–Kier alpha value is -0.820. The topological polar surface area (TPSA) is 51.8 Å². The first-order valence-corrected chi connectivity index (χ1v) is 8.44. The summed E-state index contributed by atoms with van der Waals surface area (Å²) in [6.45, 7) is 0. The van der Waals surface area contributed by atoms with Crippen LogP contribution in [-0.2, 0) is 6.42 Å². The Morgan fingerprint density at radius 3 is 2.80 bits per heavy atom. The van der Waals surface area contributed by atoms with Gasteiger partial charge in [-0.1, -0.05) is 12.1 Å². The van der Waals surface area contributed by atoms with Gasteiger partial charge in [-0.15, -0.1) is 11.3 Å². The zero-order chi connectivity index (χ0) is 14.1. The van der Waals surface area contributed by atoms with Gasteiger partial charge in [0, 0.05) is 21.6 Å². The number of para-hydroxylation sites is 1. The van der Waals surface area contributed by atoms with Crippen LogP contribution in [0.3, 0.4) is 0 Å². The fourth-order valence-electron chi connectivity index (χ4n) is 1.94. The fourth-order valence-corrected chi connectivity index (χ4v) is 4.06. The SMILES string of the molecule is NC(Cc1ncc(Br)cc1Br)c1nc2ccccc2s1. The molecule has 20 heavy (non-hydrogen) atoms. The molecule has 3 rings (SSSR count). The molecule has 1 aromatic carbocycles. The molecular weight excluding hydrogens is 402 g/mol. The summed E-state index contributed by atoms with van der Waals surface area (Å²) in [6.07, 6.45) is 2.44. The molecule has 6 heteroatoms. The lowest BCUT2D eigenvalue weighted by molar-refractivity contribution is 0.699. The first-order valence-electron chi connectivity index (χ1n) is 6.04. The number of fused-ring (bicyclic) bond motifs is 1. The monoisotopic (exact) mass is 411 g/mol. The van der Waals surface area contributed by atoms with Crippen LogP contribution < -0.4 is 5.73 Å². The molecule has 0 fully saturated rings. The molecule has 3 nitrogen and oxygen atoms in total. The number of halogens is 2. The van der Waals surface area contributed by atoms with E-state index in [1.807, 2.05) is 24.3 Å². The molecule has 1 atom stereocenters. The van der Waals surface area contributed by atoms with Crippen molar-refractivity contribution >= 4 is 53.4 Å². The summed E-state index contributed by atoms with van der Waals surface area (Å²) in [7, 11) is 0. The molecule has 3 aromatic rings. The van der Waals surface area contributed by atoms with Gasteiger partial charge in [0.25, 0.3) is 0 Å². The van der Waals surface area contributed by atoms with Crippen LogP contribution in [0.1, 0.15) is 16.7 Å². The van der Waals surface area contributed by atoms with Crippen molar-refractivity contribution in [3.8, 4) is 0 Å². The van der Waals surface area contributed by atoms with Crippen molar-refractivity contribution in [3.05, 3.63) is 56.2 Å². The van der Waals surface area contributed by atoms with E-state index in [4.69, 9.17) is 5.73 Å². The summed E-state index contributed by atoms with van der Waals surface area (Å²) in [5.74, 6) is 0. The van der Waals surface area contributed by atoms with Crippen molar-refractivity contribution in [2.24, 2.45) is 5.73 Å². The molecule has 1 unspecified atom stereocenters. The van der Waals surface area contributed by atoms with Gasteiger partial charge in [0.1, 0.15) is 5.01 Å². The molecule has 0 radical (unpaired) electrons. The lowest BCUT2D eigenvalue weighted by Gasteiger charge is -2.09. The number of nitrogens with two attached hydrogens (primary N) is 1. The van der Waals surface area contributed by atoms with E-state index in [1.165, 1.54) is 4.70 Å². The van der Waals surface area contributed by atoms with Gasteiger partial charge in [0.15, 0.2) is 0 Å². The normalized spacial score (nSPS) is 12.8. The Labute approximate surface area is 137 Å². The molecule has 0 spiro atoms. The summed E-state index contributed by atoms with van der Waals surface area (Å²) in [5.41, 5.74) is 8.22. The van der Waals surface area contributed by atoms with E-state index in [1.54, 1.807) is 17.5 Å². The Balaban J connectivity index is 1.86. The molecule has 0 aliphatic rings. The molecule has 0 saturated heterocycles. The first kappa shape index (κ1) is 14.1. The number of rotatable bonds is 3. The zero-order valence-corrected chi connectivity index (χ0v) is 14.4. The van der Waals surface area contributed by atoms with Crippen LogP contribution in [-0.4, -0.2) is 9.97 Å². The van der Waals surface area contributed by atoms with Crippen molar-refractivity contribution in [3.63, 3.8) is 0 Å². The number of hydrogen-bond donors (Lipinski definition) is 1. The van der Waals surface area contributed by atoms with Gasteiger partial charge in [0.05, 0.1) is 22.0 Å². The Kier molecular flexibility index (Phi) is 4.16. The van der Waals surface area contributed by atoms with Crippen LogP contribution >= 0.6 is 43.2 Å². The minimum atomic E-state index is -0.141. The van der Waals surface area contributed by atoms with E-state index in [0.29, 0.717) is 6.42 Å². The van der Waals surface area contributed by atoms with Crippen LogP contribution in [0.25, 0.3) is 10.2 Å². The maximum absolute atomic E-state index is 6.27. The number of pyridine rings is 1. The molecule has 2 N–H and O–H groups in total. The predicted octanol–water partition coefficient (Wildman–Crippen LogP) is 4.46. The molecule has 102 valence electrons.